The number of pyridine rings is 1. The van der Waals surface area contributed by atoms with E-state index in [9.17, 15) is 14.7 Å². The van der Waals surface area contributed by atoms with Crippen LogP contribution in [0.5, 0.6) is 5.75 Å². The van der Waals surface area contributed by atoms with Crippen molar-refractivity contribution in [1.29, 1.82) is 0 Å². The Hall–Kier alpha value is -2.85. The summed E-state index contributed by atoms with van der Waals surface area (Å²) in [6.45, 7) is -0.0137. The van der Waals surface area contributed by atoms with Crippen LogP contribution < -0.4 is 10.9 Å². The lowest BCUT2D eigenvalue weighted by molar-refractivity contribution is 0.102. The predicted octanol–water partition coefficient (Wildman–Crippen LogP) is 0.883. The number of hydrogen-bond donors (Lipinski definition) is 2. The van der Waals surface area contributed by atoms with Crippen molar-refractivity contribution in [2.24, 2.45) is 0 Å². The predicted molar refractivity (Wildman–Crippen MR) is 76.2 cm³/mol. The third kappa shape index (κ3) is 3.19. The van der Waals surface area contributed by atoms with Crippen LogP contribution in [-0.4, -0.2) is 25.8 Å². The normalized spacial score (nSPS) is 9.90. The summed E-state index contributed by atoms with van der Waals surface area (Å²) < 4.78 is 1.13. The maximum absolute atomic E-state index is 12.1. The van der Waals surface area contributed by atoms with Crippen molar-refractivity contribution < 1.29 is 9.90 Å². The summed E-state index contributed by atoms with van der Waals surface area (Å²) in [7, 11) is 0. The third-order valence-electron chi connectivity index (χ3n) is 2.51. The molecule has 106 valence electrons. The fraction of sp³-hybridized carbons (Fsp3) is 0.0769. The molecular formula is C13H9ClN4O3. The average molecular weight is 305 g/mol. The Morgan fingerprint density at radius 2 is 2.19 bits per heavy atom. The highest BCUT2D eigenvalue weighted by atomic mass is 35.5. The minimum absolute atomic E-state index is 0.0137. The van der Waals surface area contributed by atoms with E-state index in [2.05, 4.69) is 21.4 Å². The van der Waals surface area contributed by atoms with Crippen LogP contribution in [0.4, 0.5) is 5.82 Å². The number of nitrogens with zero attached hydrogens (tertiary/aromatic N) is 3. The highest BCUT2D eigenvalue weighted by molar-refractivity contribution is 6.29. The van der Waals surface area contributed by atoms with Gasteiger partial charge in [0.1, 0.15) is 11.3 Å². The zero-order valence-electron chi connectivity index (χ0n) is 10.6. The Morgan fingerprint density at radius 3 is 2.81 bits per heavy atom. The standard InChI is InChI=1S/C13H9ClN4O3/c1-2-6-18-7-5-8(19)11(13(18)21)12(20)15-10-4-3-9(14)16-17-10/h1,3-5,7,19H,6H2,(H,15,17,20). The first-order valence-electron chi connectivity index (χ1n) is 5.69. The van der Waals surface area contributed by atoms with Crippen LogP contribution in [0.2, 0.25) is 5.15 Å². The van der Waals surface area contributed by atoms with Crippen LogP contribution in [0.3, 0.4) is 0 Å². The first kappa shape index (κ1) is 14.6. The van der Waals surface area contributed by atoms with Crippen LogP contribution >= 0.6 is 11.6 Å². The SMILES string of the molecule is C#CCn1ccc(O)c(C(=O)Nc2ccc(Cl)nn2)c1=O. The summed E-state index contributed by atoms with van der Waals surface area (Å²) in [5, 5.41) is 19.4. The van der Waals surface area contributed by atoms with Crippen LogP contribution in [0, 0.1) is 12.3 Å². The maximum atomic E-state index is 12.1. The van der Waals surface area contributed by atoms with Gasteiger partial charge in [0.25, 0.3) is 11.5 Å². The molecule has 2 N–H and O–H groups in total. The van der Waals surface area contributed by atoms with Gasteiger partial charge in [-0.15, -0.1) is 16.6 Å². The van der Waals surface area contributed by atoms with Gasteiger partial charge in [-0.2, -0.15) is 0 Å². The molecule has 0 bridgehead atoms. The van der Waals surface area contributed by atoms with E-state index in [1.807, 2.05) is 0 Å². The van der Waals surface area contributed by atoms with Crippen molar-refractivity contribution in [3.05, 3.63) is 45.5 Å². The van der Waals surface area contributed by atoms with Gasteiger partial charge in [-0.05, 0) is 18.2 Å². The minimum atomic E-state index is -0.819. The number of halogens is 1. The molecule has 2 aromatic heterocycles. The molecule has 0 aliphatic heterocycles. The zero-order valence-corrected chi connectivity index (χ0v) is 11.3. The van der Waals surface area contributed by atoms with Crippen molar-refractivity contribution in [3.8, 4) is 18.1 Å². The van der Waals surface area contributed by atoms with Crippen LogP contribution in [0.15, 0.2) is 29.2 Å². The second-order valence-corrected chi connectivity index (χ2v) is 4.30. The Balaban J connectivity index is 2.35. The molecule has 0 saturated heterocycles. The molecule has 0 fully saturated rings. The molecule has 0 aromatic carbocycles. The summed E-state index contributed by atoms with van der Waals surface area (Å²) in [4.78, 5) is 24.1. The number of carbonyl (C=O) groups is 1. The number of nitrogens with one attached hydrogen (secondary N) is 1. The van der Waals surface area contributed by atoms with E-state index in [1.54, 1.807) is 0 Å². The van der Waals surface area contributed by atoms with E-state index in [1.165, 1.54) is 24.4 Å². The molecule has 0 aliphatic carbocycles. The number of carbonyl (C=O) groups excluding carboxylic acids is 1. The second kappa shape index (κ2) is 6.07. The molecule has 0 saturated carbocycles. The Labute approximate surface area is 124 Å². The molecule has 1 amide bonds. The number of terminal acetylenes is 1. The minimum Gasteiger partial charge on any atom is -0.507 e. The third-order valence-corrected chi connectivity index (χ3v) is 2.71. The smallest absolute Gasteiger partial charge is 0.268 e. The Kier molecular flexibility index (Phi) is 4.21. The highest BCUT2D eigenvalue weighted by Crippen LogP contribution is 2.14. The number of aromatic nitrogens is 3. The topological polar surface area (TPSA) is 97.1 Å². The Bertz CT molecular complexity index is 777. The molecule has 8 heteroatoms. The van der Waals surface area contributed by atoms with E-state index in [-0.39, 0.29) is 17.5 Å². The lowest BCUT2D eigenvalue weighted by Crippen LogP contribution is -2.29. The molecule has 21 heavy (non-hydrogen) atoms. The highest BCUT2D eigenvalue weighted by Gasteiger charge is 2.18. The first-order valence-corrected chi connectivity index (χ1v) is 6.07. The summed E-state index contributed by atoms with van der Waals surface area (Å²) >= 11 is 5.57. The molecule has 2 heterocycles. The summed E-state index contributed by atoms with van der Waals surface area (Å²) in [6.07, 6.45) is 6.43. The number of aromatic hydroxyl groups is 1. The summed E-state index contributed by atoms with van der Waals surface area (Å²) in [6, 6.07) is 4.04. The fourth-order valence-corrected chi connectivity index (χ4v) is 1.66. The lowest BCUT2D eigenvalue weighted by atomic mass is 10.2. The number of rotatable bonds is 3. The van der Waals surface area contributed by atoms with E-state index in [0.717, 1.165) is 4.57 Å². The monoisotopic (exact) mass is 304 g/mol. The molecule has 7 nitrogen and oxygen atoms in total. The Morgan fingerprint density at radius 1 is 1.43 bits per heavy atom. The van der Waals surface area contributed by atoms with Crippen molar-refractivity contribution in [3.63, 3.8) is 0 Å². The van der Waals surface area contributed by atoms with Gasteiger partial charge < -0.3 is 15.0 Å². The number of anilines is 1. The summed E-state index contributed by atoms with van der Waals surface area (Å²) in [5.41, 5.74) is -1.13. The van der Waals surface area contributed by atoms with Crippen molar-refractivity contribution in [2.45, 2.75) is 6.54 Å². The molecule has 0 spiro atoms. The van der Waals surface area contributed by atoms with E-state index in [0.29, 0.717) is 0 Å². The molecule has 0 radical (unpaired) electrons. The van der Waals surface area contributed by atoms with Gasteiger partial charge in [-0.3, -0.25) is 9.59 Å². The largest absolute Gasteiger partial charge is 0.507 e. The van der Waals surface area contributed by atoms with Gasteiger partial charge in [-0.1, -0.05) is 17.5 Å². The van der Waals surface area contributed by atoms with Crippen LogP contribution in [-0.2, 0) is 6.54 Å². The summed E-state index contributed by atoms with van der Waals surface area (Å²) in [5.74, 6) is 1.10. The van der Waals surface area contributed by atoms with Crippen LogP contribution in [0.1, 0.15) is 10.4 Å². The van der Waals surface area contributed by atoms with Gasteiger partial charge in [-0.25, -0.2) is 0 Å². The van der Waals surface area contributed by atoms with Gasteiger partial charge in [0.15, 0.2) is 11.0 Å². The quantitative estimate of drug-likeness (QED) is 0.821. The molecule has 0 atom stereocenters. The van der Waals surface area contributed by atoms with E-state index < -0.39 is 22.8 Å². The fourth-order valence-electron chi connectivity index (χ4n) is 1.56. The van der Waals surface area contributed by atoms with Crippen molar-refractivity contribution in [2.75, 3.05) is 5.32 Å². The first-order chi connectivity index (χ1) is 10.0. The number of amides is 1. The van der Waals surface area contributed by atoms with Gasteiger partial charge in [0, 0.05) is 6.20 Å². The van der Waals surface area contributed by atoms with E-state index in [4.69, 9.17) is 18.0 Å². The maximum Gasteiger partial charge on any atom is 0.268 e. The zero-order chi connectivity index (χ0) is 15.4. The van der Waals surface area contributed by atoms with Crippen molar-refractivity contribution >= 4 is 23.3 Å². The van der Waals surface area contributed by atoms with Gasteiger partial charge in [0.2, 0.25) is 0 Å². The van der Waals surface area contributed by atoms with E-state index >= 15 is 0 Å². The molecule has 0 unspecified atom stereocenters. The number of hydrogen-bond acceptors (Lipinski definition) is 5. The van der Waals surface area contributed by atoms with Crippen LogP contribution in [0.25, 0.3) is 0 Å². The second-order valence-electron chi connectivity index (χ2n) is 3.91. The molecule has 2 aromatic rings. The molecule has 2 rings (SSSR count). The van der Waals surface area contributed by atoms with Gasteiger partial charge >= 0.3 is 0 Å². The van der Waals surface area contributed by atoms with Crippen molar-refractivity contribution in [1.82, 2.24) is 14.8 Å². The lowest BCUT2D eigenvalue weighted by Gasteiger charge is -2.07. The molecular weight excluding hydrogens is 296 g/mol. The molecule has 0 aliphatic rings. The van der Waals surface area contributed by atoms with Gasteiger partial charge in [0.05, 0.1) is 6.54 Å². The average Bonchev–Trinajstić information content (AvgIpc) is 2.45.